The van der Waals surface area contributed by atoms with Crippen LogP contribution in [0.25, 0.3) is 0 Å². The van der Waals surface area contributed by atoms with E-state index < -0.39 is 0 Å². The van der Waals surface area contributed by atoms with Crippen LogP contribution in [-0.4, -0.2) is 53.9 Å². The molecule has 18 heavy (non-hydrogen) atoms. The van der Waals surface area contributed by atoms with Gasteiger partial charge in [0.25, 0.3) is 0 Å². The third kappa shape index (κ3) is 4.98. The molecule has 0 saturated heterocycles. The van der Waals surface area contributed by atoms with Gasteiger partial charge in [0, 0.05) is 19.6 Å². The van der Waals surface area contributed by atoms with E-state index in [4.69, 9.17) is 5.11 Å². The van der Waals surface area contributed by atoms with Gasteiger partial charge in [-0.2, -0.15) is 5.10 Å². The van der Waals surface area contributed by atoms with Crippen molar-refractivity contribution in [3.63, 3.8) is 0 Å². The predicted octanol–water partition coefficient (Wildman–Crippen LogP) is 0.993. The summed E-state index contributed by atoms with van der Waals surface area (Å²) in [5.74, 6) is 1.45. The highest BCUT2D eigenvalue weighted by Crippen LogP contribution is 2.12. The standard InChI is InChI=1S/C13H24N4O/c1-11(2)9-17(8-7-16(3)4)13-6-5-12(10-18)14-15-13/h5-6,11,18H,7-10H2,1-4H3. The third-order valence-corrected chi connectivity index (χ3v) is 2.59. The smallest absolute Gasteiger partial charge is 0.151 e. The Morgan fingerprint density at radius 3 is 2.33 bits per heavy atom. The Balaban J connectivity index is 2.73. The van der Waals surface area contributed by atoms with Gasteiger partial charge in [-0.15, -0.1) is 5.10 Å². The van der Waals surface area contributed by atoms with Crippen LogP contribution in [-0.2, 0) is 6.61 Å². The van der Waals surface area contributed by atoms with Crippen molar-refractivity contribution in [1.82, 2.24) is 15.1 Å². The molecule has 5 nitrogen and oxygen atoms in total. The van der Waals surface area contributed by atoms with E-state index in [0.29, 0.717) is 11.6 Å². The van der Waals surface area contributed by atoms with Crippen LogP contribution in [0, 0.1) is 5.92 Å². The van der Waals surface area contributed by atoms with E-state index in [1.807, 2.05) is 12.1 Å². The zero-order valence-corrected chi connectivity index (χ0v) is 11.8. The van der Waals surface area contributed by atoms with Crippen molar-refractivity contribution in [2.24, 2.45) is 5.92 Å². The zero-order valence-electron chi connectivity index (χ0n) is 11.8. The van der Waals surface area contributed by atoms with E-state index in [1.54, 1.807) is 0 Å². The molecule has 1 N–H and O–H groups in total. The Bertz CT molecular complexity index is 337. The summed E-state index contributed by atoms with van der Waals surface area (Å²) in [5, 5.41) is 17.1. The Labute approximate surface area is 109 Å². The predicted molar refractivity (Wildman–Crippen MR) is 73.6 cm³/mol. The summed E-state index contributed by atoms with van der Waals surface area (Å²) in [7, 11) is 4.13. The lowest BCUT2D eigenvalue weighted by atomic mass is 10.2. The van der Waals surface area contributed by atoms with Crippen LogP contribution in [0.15, 0.2) is 12.1 Å². The number of hydrogen-bond donors (Lipinski definition) is 1. The summed E-state index contributed by atoms with van der Waals surface area (Å²) in [6.07, 6.45) is 0. The first-order chi connectivity index (χ1) is 8.52. The van der Waals surface area contributed by atoms with Crippen molar-refractivity contribution in [3.8, 4) is 0 Å². The maximum Gasteiger partial charge on any atom is 0.151 e. The molecule has 0 amide bonds. The Morgan fingerprint density at radius 2 is 1.89 bits per heavy atom. The van der Waals surface area contributed by atoms with Crippen LogP contribution >= 0.6 is 0 Å². The van der Waals surface area contributed by atoms with E-state index >= 15 is 0 Å². The molecular formula is C13H24N4O. The monoisotopic (exact) mass is 252 g/mol. The highest BCUT2D eigenvalue weighted by molar-refractivity contribution is 5.37. The molecule has 0 unspecified atom stereocenters. The number of nitrogens with zero attached hydrogens (tertiary/aromatic N) is 4. The molecule has 0 aliphatic rings. The second kappa shape index (κ2) is 7.28. The highest BCUT2D eigenvalue weighted by Gasteiger charge is 2.10. The van der Waals surface area contributed by atoms with Gasteiger partial charge >= 0.3 is 0 Å². The lowest BCUT2D eigenvalue weighted by molar-refractivity contribution is 0.275. The van der Waals surface area contributed by atoms with E-state index in [2.05, 4.69) is 47.9 Å². The molecule has 0 aliphatic carbocycles. The van der Waals surface area contributed by atoms with Crippen LogP contribution in [0.4, 0.5) is 5.82 Å². The van der Waals surface area contributed by atoms with Gasteiger partial charge in [0.1, 0.15) is 0 Å². The minimum atomic E-state index is -0.0604. The number of hydrogen-bond acceptors (Lipinski definition) is 5. The van der Waals surface area contributed by atoms with Crippen LogP contribution in [0.5, 0.6) is 0 Å². The van der Waals surface area contributed by atoms with E-state index in [9.17, 15) is 0 Å². The largest absolute Gasteiger partial charge is 0.390 e. The molecule has 5 heteroatoms. The molecule has 0 fully saturated rings. The minimum Gasteiger partial charge on any atom is -0.390 e. The molecule has 0 radical (unpaired) electrons. The minimum absolute atomic E-state index is 0.0604. The summed E-state index contributed by atoms with van der Waals surface area (Å²) >= 11 is 0. The number of rotatable bonds is 7. The van der Waals surface area contributed by atoms with Crippen LogP contribution in [0.3, 0.4) is 0 Å². The molecule has 1 heterocycles. The first-order valence-corrected chi connectivity index (χ1v) is 6.36. The number of aliphatic hydroxyl groups is 1. The zero-order chi connectivity index (χ0) is 13.5. The maximum absolute atomic E-state index is 8.97. The molecule has 0 aromatic carbocycles. The van der Waals surface area contributed by atoms with Crippen molar-refractivity contribution < 1.29 is 5.11 Å². The first kappa shape index (κ1) is 14.9. The van der Waals surface area contributed by atoms with Crippen LogP contribution in [0.2, 0.25) is 0 Å². The lowest BCUT2D eigenvalue weighted by Crippen LogP contribution is -2.35. The molecule has 1 rings (SSSR count). The Hall–Kier alpha value is -1.20. The Morgan fingerprint density at radius 1 is 1.17 bits per heavy atom. The normalized spacial score (nSPS) is 11.3. The number of aromatic nitrogens is 2. The molecule has 0 aliphatic heterocycles. The van der Waals surface area contributed by atoms with E-state index in [0.717, 1.165) is 25.5 Å². The van der Waals surface area contributed by atoms with Gasteiger partial charge in [0.2, 0.25) is 0 Å². The van der Waals surface area contributed by atoms with Gasteiger partial charge in [-0.25, -0.2) is 0 Å². The van der Waals surface area contributed by atoms with Crippen molar-refractivity contribution >= 4 is 5.82 Å². The summed E-state index contributed by atoms with van der Waals surface area (Å²) < 4.78 is 0. The highest BCUT2D eigenvalue weighted by atomic mass is 16.3. The summed E-state index contributed by atoms with van der Waals surface area (Å²) in [5.41, 5.74) is 0.607. The quantitative estimate of drug-likeness (QED) is 0.784. The van der Waals surface area contributed by atoms with E-state index in [1.165, 1.54) is 0 Å². The average molecular weight is 252 g/mol. The van der Waals surface area contributed by atoms with Crippen molar-refractivity contribution in [2.75, 3.05) is 38.6 Å². The first-order valence-electron chi connectivity index (χ1n) is 6.36. The van der Waals surface area contributed by atoms with Gasteiger partial charge in [-0.1, -0.05) is 13.8 Å². The third-order valence-electron chi connectivity index (χ3n) is 2.59. The molecule has 1 aromatic heterocycles. The second-order valence-electron chi connectivity index (χ2n) is 5.18. The SMILES string of the molecule is CC(C)CN(CCN(C)C)c1ccc(CO)nn1. The summed E-state index contributed by atoms with van der Waals surface area (Å²) in [4.78, 5) is 4.39. The van der Waals surface area contributed by atoms with Crippen molar-refractivity contribution in [1.29, 1.82) is 0 Å². The second-order valence-corrected chi connectivity index (χ2v) is 5.18. The van der Waals surface area contributed by atoms with E-state index in [-0.39, 0.29) is 6.61 Å². The lowest BCUT2D eigenvalue weighted by Gasteiger charge is -2.26. The molecule has 1 aromatic rings. The number of likely N-dealkylation sites (N-methyl/N-ethyl adjacent to an activating group) is 1. The van der Waals surface area contributed by atoms with Gasteiger partial charge in [0.05, 0.1) is 12.3 Å². The van der Waals surface area contributed by atoms with Gasteiger partial charge in [-0.05, 0) is 32.1 Å². The molecule has 0 bridgehead atoms. The van der Waals surface area contributed by atoms with Crippen LogP contribution in [0.1, 0.15) is 19.5 Å². The van der Waals surface area contributed by atoms with Gasteiger partial charge in [0.15, 0.2) is 5.82 Å². The fraction of sp³-hybridized carbons (Fsp3) is 0.692. The number of anilines is 1. The molecular weight excluding hydrogens is 228 g/mol. The van der Waals surface area contributed by atoms with Crippen molar-refractivity contribution in [2.45, 2.75) is 20.5 Å². The fourth-order valence-corrected chi connectivity index (χ4v) is 1.67. The fourth-order valence-electron chi connectivity index (χ4n) is 1.67. The number of aliphatic hydroxyl groups excluding tert-OH is 1. The molecule has 0 atom stereocenters. The van der Waals surface area contributed by atoms with Gasteiger partial charge < -0.3 is 14.9 Å². The van der Waals surface area contributed by atoms with Crippen LogP contribution < -0.4 is 4.90 Å². The maximum atomic E-state index is 8.97. The van der Waals surface area contributed by atoms with Gasteiger partial charge in [-0.3, -0.25) is 0 Å². The average Bonchev–Trinajstić information content (AvgIpc) is 2.34. The summed E-state index contributed by atoms with van der Waals surface area (Å²) in [6, 6.07) is 3.75. The molecule has 0 spiro atoms. The van der Waals surface area contributed by atoms with Crippen molar-refractivity contribution in [3.05, 3.63) is 17.8 Å². The molecule has 0 saturated carbocycles. The topological polar surface area (TPSA) is 52.5 Å². The molecule has 102 valence electrons. The Kier molecular flexibility index (Phi) is 6.01. The summed E-state index contributed by atoms with van der Waals surface area (Å²) in [6.45, 7) is 7.20.